The SMILES string of the molecule is C1=CCC=C(N(c2ccccc2)c2ccccc2)C=C1. The number of nitrogens with zero attached hydrogens (tertiary/aromatic N) is 1. The third-order valence-electron chi connectivity index (χ3n) is 3.26. The van der Waals surface area contributed by atoms with Gasteiger partial charge in [-0.15, -0.1) is 0 Å². The van der Waals surface area contributed by atoms with Crippen molar-refractivity contribution in [2.75, 3.05) is 4.90 Å². The van der Waals surface area contributed by atoms with E-state index in [-0.39, 0.29) is 0 Å². The maximum absolute atomic E-state index is 2.28. The van der Waals surface area contributed by atoms with E-state index in [1.54, 1.807) is 0 Å². The van der Waals surface area contributed by atoms with Crippen molar-refractivity contribution in [1.29, 1.82) is 0 Å². The quantitative estimate of drug-likeness (QED) is 0.730. The van der Waals surface area contributed by atoms with E-state index < -0.39 is 0 Å². The third kappa shape index (κ3) is 2.72. The fraction of sp³-hybridized carbons (Fsp3) is 0.0526. The maximum atomic E-state index is 2.28. The molecule has 1 aliphatic rings. The van der Waals surface area contributed by atoms with Crippen LogP contribution in [0, 0.1) is 0 Å². The molecule has 0 N–H and O–H groups in total. The lowest BCUT2D eigenvalue weighted by Crippen LogP contribution is -2.14. The minimum absolute atomic E-state index is 0.957. The van der Waals surface area contributed by atoms with Gasteiger partial charge in [-0.1, -0.05) is 60.7 Å². The summed E-state index contributed by atoms with van der Waals surface area (Å²) in [4.78, 5) is 2.28. The summed E-state index contributed by atoms with van der Waals surface area (Å²) in [5.41, 5.74) is 3.56. The average Bonchev–Trinajstić information content (AvgIpc) is 2.79. The van der Waals surface area contributed by atoms with Gasteiger partial charge in [0.2, 0.25) is 0 Å². The fourth-order valence-corrected chi connectivity index (χ4v) is 2.34. The molecule has 20 heavy (non-hydrogen) atoms. The van der Waals surface area contributed by atoms with E-state index in [0.717, 1.165) is 6.42 Å². The largest absolute Gasteiger partial charge is 0.311 e. The summed E-state index contributed by atoms with van der Waals surface area (Å²) in [6.07, 6.45) is 11.7. The van der Waals surface area contributed by atoms with Gasteiger partial charge in [-0.2, -0.15) is 0 Å². The molecule has 0 aromatic heterocycles. The Morgan fingerprint density at radius 1 is 0.700 bits per heavy atom. The average molecular weight is 259 g/mol. The molecule has 3 rings (SSSR count). The number of allylic oxidation sites excluding steroid dienone is 5. The monoisotopic (exact) mass is 259 g/mol. The summed E-state index contributed by atoms with van der Waals surface area (Å²) in [5, 5.41) is 0. The van der Waals surface area contributed by atoms with E-state index in [4.69, 9.17) is 0 Å². The lowest BCUT2D eigenvalue weighted by atomic mass is 10.2. The normalized spacial score (nSPS) is 13.7. The maximum Gasteiger partial charge on any atom is 0.0461 e. The van der Waals surface area contributed by atoms with Gasteiger partial charge in [-0.3, -0.25) is 0 Å². The van der Waals surface area contributed by atoms with Gasteiger partial charge in [0.25, 0.3) is 0 Å². The third-order valence-corrected chi connectivity index (χ3v) is 3.26. The van der Waals surface area contributed by atoms with E-state index >= 15 is 0 Å². The minimum atomic E-state index is 0.957. The molecular weight excluding hydrogens is 242 g/mol. The summed E-state index contributed by atoms with van der Waals surface area (Å²) in [6.45, 7) is 0. The zero-order valence-electron chi connectivity index (χ0n) is 11.3. The highest BCUT2D eigenvalue weighted by molar-refractivity contribution is 5.70. The Morgan fingerprint density at radius 2 is 1.30 bits per heavy atom. The summed E-state index contributed by atoms with van der Waals surface area (Å²) in [6, 6.07) is 20.9. The van der Waals surface area contributed by atoms with Crippen LogP contribution in [-0.4, -0.2) is 0 Å². The minimum Gasteiger partial charge on any atom is -0.311 e. The highest BCUT2D eigenvalue weighted by Gasteiger charge is 2.12. The first kappa shape index (κ1) is 12.5. The first-order chi connectivity index (χ1) is 9.95. The van der Waals surface area contributed by atoms with Crippen molar-refractivity contribution in [3.05, 3.63) is 96.7 Å². The molecular formula is C19H17N. The number of rotatable bonds is 3. The zero-order chi connectivity index (χ0) is 13.6. The fourth-order valence-electron chi connectivity index (χ4n) is 2.34. The van der Waals surface area contributed by atoms with Gasteiger partial charge in [0.05, 0.1) is 0 Å². The molecule has 1 nitrogen and oxygen atoms in total. The molecule has 1 heteroatoms. The Labute approximate surface area is 120 Å². The van der Waals surface area contributed by atoms with E-state index in [2.05, 4.69) is 83.8 Å². The number of para-hydroxylation sites is 2. The van der Waals surface area contributed by atoms with Crippen LogP contribution >= 0.6 is 0 Å². The molecule has 0 bridgehead atoms. The lowest BCUT2D eigenvalue weighted by molar-refractivity contribution is 1.18. The van der Waals surface area contributed by atoms with Gasteiger partial charge in [0.15, 0.2) is 0 Å². The molecule has 2 aromatic carbocycles. The van der Waals surface area contributed by atoms with Crippen molar-refractivity contribution >= 4 is 11.4 Å². The zero-order valence-corrected chi connectivity index (χ0v) is 11.3. The summed E-state index contributed by atoms with van der Waals surface area (Å²) in [7, 11) is 0. The lowest BCUT2D eigenvalue weighted by Gasteiger charge is -2.26. The van der Waals surface area contributed by atoms with E-state index in [1.165, 1.54) is 17.1 Å². The van der Waals surface area contributed by atoms with Gasteiger partial charge in [-0.05, 0) is 36.8 Å². The van der Waals surface area contributed by atoms with Crippen LogP contribution in [0.5, 0.6) is 0 Å². The molecule has 0 heterocycles. The van der Waals surface area contributed by atoms with Crippen molar-refractivity contribution in [2.45, 2.75) is 6.42 Å². The Bertz CT molecular complexity index is 596. The van der Waals surface area contributed by atoms with Crippen molar-refractivity contribution in [2.24, 2.45) is 0 Å². The van der Waals surface area contributed by atoms with E-state index in [0.29, 0.717) is 0 Å². The van der Waals surface area contributed by atoms with Crippen molar-refractivity contribution in [3.63, 3.8) is 0 Å². The van der Waals surface area contributed by atoms with E-state index in [1.807, 2.05) is 12.1 Å². The molecule has 1 aliphatic carbocycles. The molecule has 0 radical (unpaired) electrons. The van der Waals surface area contributed by atoms with Crippen LogP contribution in [0.1, 0.15) is 6.42 Å². The Balaban J connectivity index is 2.07. The summed E-state index contributed by atoms with van der Waals surface area (Å²) in [5.74, 6) is 0. The van der Waals surface area contributed by atoms with Gasteiger partial charge >= 0.3 is 0 Å². The standard InChI is InChI=1S/C19H17N/c1-2-6-12-17(11-5-1)20(18-13-7-3-8-14-18)19-15-9-4-10-16-19/h1-5,7-16H,6H2. The van der Waals surface area contributed by atoms with Gasteiger partial charge < -0.3 is 4.90 Å². The first-order valence-electron chi connectivity index (χ1n) is 6.89. The second-order valence-corrected chi connectivity index (χ2v) is 4.66. The van der Waals surface area contributed by atoms with Crippen molar-refractivity contribution in [1.82, 2.24) is 0 Å². The molecule has 0 fully saturated rings. The molecule has 0 saturated carbocycles. The molecule has 0 saturated heterocycles. The van der Waals surface area contributed by atoms with Gasteiger partial charge in [0.1, 0.15) is 0 Å². The molecule has 0 atom stereocenters. The second-order valence-electron chi connectivity index (χ2n) is 4.66. The number of benzene rings is 2. The van der Waals surface area contributed by atoms with Crippen LogP contribution in [-0.2, 0) is 0 Å². The van der Waals surface area contributed by atoms with Crippen LogP contribution < -0.4 is 4.90 Å². The molecule has 0 spiro atoms. The summed E-state index contributed by atoms with van der Waals surface area (Å²) < 4.78 is 0. The smallest absolute Gasteiger partial charge is 0.0461 e. The first-order valence-corrected chi connectivity index (χ1v) is 6.89. The highest BCUT2D eigenvalue weighted by Crippen LogP contribution is 2.30. The van der Waals surface area contributed by atoms with Crippen LogP contribution in [0.4, 0.5) is 11.4 Å². The number of anilines is 2. The van der Waals surface area contributed by atoms with Crippen LogP contribution in [0.2, 0.25) is 0 Å². The highest BCUT2D eigenvalue weighted by atomic mass is 15.1. The molecule has 0 unspecified atom stereocenters. The summed E-state index contributed by atoms with van der Waals surface area (Å²) >= 11 is 0. The van der Waals surface area contributed by atoms with E-state index in [9.17, 15) is 0 Å². The Kier molecular flexibility index (Phi) is 3.79. The second kappa shape index (κ2) is 6.07. The number of hydrogen-bond acceptors (Lipinski definition) is 1. The van der Waals surface area contributed by atoms with Gasteiger partial charge in [-0.25, -0.2) is 0 Å². The van der Waals surface area contributed by atoms with Gasteiger partial charge in [0, 0.05) is 17.1 Å². The van der Waals surface area contributed by atoms with Crippen LogP contribution in [0.3, 0.4) is 0 Å². The van der Waals surface area contributed by atoms with Crippen LogP contribution in [0.15, 0.2) is 96.7 Å². The molecule has 98 valence electrons. The van der Waals surface area contributed by atoms with Crippen molar-refractivity contribution in [3.8, 4) is 0 Å². The molecule has 0 amide bonds. The molecule has 0 aliphatic heterocycles. The predicted octanol–water partition coefficient (Wildman–Crippen LogP) is 5.22. The Morgan fingerprint density at radius 3 is 1.90 bits per heavy atom. The predicted molar refractivity (Wildman–Crippen MR) is 86.0 cm³/mol. The molecule has 2 aromatic rings. The Hall–Kier alpha value is -2.54. The number of hydrogen-bond donors (Lipinski definition) is 0. The topological polar surface area (TPSA) is 3.24 Å². The van der Waals surface area contributed by atoms with Crippen molar-refractivity contribution < 1.29 is 0 Å². The van der Waals surface area contributed by atoms with Crippen LogP contribution in [0.25, 0.3) is 0 Å².